The number of allylic oxidation sites excluding steroid dienone is 16. The Morgan fingerprint density at radius 1 is 0.292 bits per heavy atom. The summed E-state index contributed by atoms with van der Waals surface area (Å²) in [4.78, 5) is 38.2. The average molecular weight is 1000 g/mol. The number of carbonyl (C=O) groups excluding carboxylic acids is 3. The van der Waals surface area contributed by atoms with Gasteiger partial charge in [-0.15, -0.1) is 0 Å². The fraction of sp³-hybridized carbons (Fsp3) is 0.712. The van der Waals surface area contributed by atoms with E-state index in [-0.39, 0.29) is 37.5 Å². The molecule has 0 amide bonds. The van der Waals surface area contributed by atoms with Crippen LogP contribution in [0.25, 0.3) is 0 Å². The van der Waals surface area contributed by atoms with Gasteiger partial charge in [-0.2, -0.15) is 0 Å². The van der Waals surface area contributed by atoms with E-state index in [1.54, 1.807) is 0 Å². The van der Waals surface area contributed by atoms with Crippen molar-refractivity contribution in [2.24, 2.45) is 0 Å². The normalized spacial score (nSPS) is 12.8. The maximum absolute atomic E-state index is 12.8. The van der Waals surface area contributed by atoms with Crippen LogP contribution in [0.1, 0.15) is 284 Å². The van der Waals surface area contributed by atoms with Gasteiger partial charge in [-0.25, -0.2) is 0 Å². The van der Waals surface area contributed by atoms with Crippen molar-refractivity contribution in [2.45, 2.75) is 290 Å². The van der Waals surface area contributed by atoms with Gasteiger partial charge in [0.25, 0.3) is 0 Å². The van der Waals surface area contributed by atoms with Crippen LogP contribution in [-0.2, 0) is 28.6 Å². The summed E-state index contributed by atoms with van der Waals surface area (Å²) < 4.78 is 16.8. The van der Waals surface area contributed by atoms with Gasteiger partial charge in [-0.3, -0.25) is 14.4 Å². The Labute approximate surface area is 445 Å². The highest BCUT2D eigenvalue weighted by Gasteiger charge is 2.19. The van der Waals surface area contributed by atoms with Crippen LogP contribution < -0.4 is 0 Å². The van der Waals surface area contributed by atoms with E-state index in [0.29, 0.717) is 19.3 Å². The molecule has 1 atom stereocenters. The summed E-state index contributed by atoms with van der Waals surface area (Å²) in [6, 6.07) is 0. The molecule has 1 unspecified atom stereocenters. The molecule has 0 fully saturated rings. The summed E-state index contributed by atoms with van der Waals surface area (Å²) in [5.41, 5.74) is 0. The second kappa shape index (κ2) is 59.9. The molecule has 0 radical (unpaired) electrons. The molecule has 0 spiro atoms. The lowest BCUT2D eigenvalue weighted by molar-refractivity contribution is -0.167. The number of hydrogen-bond donors (Lipinski definition) is 0. The van der Waals surface area contributed by atoms with Crippen molar-refractivity contribution in [3.8, 4) is 0 Å². The van der Waals surface area contributed by atoms with Crippen molar-refractivity contribution in [3.63, 3.8) is 0 Å². The van der Waals surface area contributed by atoms with Gasteiger partial charge < -0.3 is 14.2 Å². The number of unbranched alkanes of at least 4 members (excludes halogenated alkanes) is 27. The maximum Gasteiger partial charge on any atom is 0.306 e. The largest absolute Gasteiger partial charge is 0.462 e. The first-order valence-electron chi connectivity index (χ1n) is 30.2. The summed E-state index contributed by atoms with van der Waals surface area (Å²) in [5.74, 6) is -0.974. The predicted octanol–water partition coefficient (Wildman–Crippen LogP) is 20.5. The van der Waals surface area contributed by atoms with Crippen molar-refractivity contribution in [1.29, 1.82) is 0 Å². The maximum atomic E-state index is 12.8. The van der Waals surface area contributed by atoms with Crippen LogP contribution >= 0.6 is 0 Å². The smallest absolute Gasteiger partial charge is 0.306 e. The summed E-state index contributed by atoms with van der Waals surface area (Å²) >= 11 is 0. The van der Waals surface area contributed by atoms with Gasteiger partial charge >= 0.3 is 17.9 Å². The SMILES string of the molecule is CC/C=C\C/C=C\C/C=C\C/C=C\C/C=C\CCCC(=O)OC(COC(=O)CCCCCCC/C=C\C/C=C\CCCC)COC(=O)CCCCCCCCCCCCC/C=C\CCCCCCCCCC. The predicted molar refractivity (Wildman–Crippen MR) is 311 cm³/mol. The second-order valence-electron chi connectivity index (χ2n) is 19.9. The van der Waals surface area contributed by atoms with Crippen molar-refractivity contribution in [3.05, 3.63) is 97.2 Å². The molecule has 0 N–H and O–H groups in total. The standard InChI is InChI=1S/C66H112O6/c1-4-7-10-13-16-19-22-25-28-30-31-32-33-34-35-37-38-41-44-47-50-53-56-59-65(68)71-62-63(61-70-64(67)58-55-52-49-46-43-40-27-24-21-18-15-12-9-6-3)72-66(69)60-57-54-51-48-45-42-39-36-29-26-23-20-17-14-11-8-5-2/h8,11,15,17-18,20,24,26-27,29-31,39,42,48,51,63H,4-7,9-10,12-14,16,19,21-23,25,28,32-38,40-41,43-47,49-50,52-62H2,1-3H3/b11-8-,18-15-,20-17-,27-24-,29-26-,31-30-,42-39-,51-48-. The Hall–Kier alpha value is -3.67. The van der Waals surface area contributed by atoms with E-state index in [0.717, 1.165) is 103 Å². The Morgan fingerprint density at radius 3 is 0.944 bits per heavy atom. The molecule has 0 heterocycles. The number of ether oxygens (including phenoxy) is 3. The Balaban J connectivity index is 4.41. The quantitative estimate of drug-likeness (QED) is 0.0261. The van der Waals surface area contributed by atoms with Crippen LogP contribution in [0.2, 0.25) is 0 Å². The lowest BCUT2D eigenvalue weighted by Gasteiger charge is -2.18. The fourth-order valence-electron chi connectivity index (χ4n) is 8.25. The molecular weight excluding hydrogens is 889 g/mol. The number of hydrogen-bond acceptors (Lipinski definition) is 6. The monoisotopic (exact) mass is 1000 g/mol. The van der Waals surface area contributed by atoms with Crippen LogP contribution in [0.4, 0.5) is 0 Å². The van der Waals surface area contributed by atoms with Crippen LogP contribution in [0, 0.1) is 0 Å². The molecule has 0 saturated heterocycles. The summed E-state index contributed by atoms with van der Waals surface area (Å²) in [6.45, 7) is 6.44. The van der Waals surface area contributed by atoms with Crippen molar-refractivity contribution in [1.82, 2.24) is 0 Å². The van der Waals surface area contributed by atoms with Gasteiger partial charge in [-0.1, -0.05) is 253 Å². The number of esters is 3. The minimum atomic E-state index is -0.815. The fourth-order valence-corrected chi connectivity index (χ4v) is 8.25. The molecule has 0 aliphatic heterocycles. The first-order chi connectivity index (χ1) is 35.5. The van der Waals surface area contributed by atoms with E-state index in [9.17, 15) is 14.4 Å². The highest BCUT2D eigenvalue weighted by molar-refractivity contribution is 5.71. The molecule has 0 aromatic carbocycles. The minimum absolute atomic E-state index is 0.105. The van der Waals surface area contributed by atoms with Gasteiger partial charge in [-0.05, 0) is 109 Å². The zero-order valence-corrected chi connectivity index (χ0v) is 47.2. The lowest BCUT2D eigenvalue weighted by Crippen LogP contribution is -2.30. The van der Waals surface area contributed by atoms with Crippen LogP contribution in [0.5, 0.6) is 0 Å². The van der Waals surface area contributed by atoms with E-state index in [1.807, 2.05) is 0 Å². The van der Waals surface area contributed by atoms with Gasteiger partial charge in [0.1, 0.15) is 13.2 Å². The average Bonchev–Trinajstić information content (AvgIpc) is 3.38. The third-order valence-corrected chi connectivity index (χ3v) is 12.8. The Kier molecular flexibility index (Phi) is 56.8. The van der Waals surface area contributed by atoms with Crippen LogP contribution in [0.15, 0.2) is 97.2 Å². The first-order valence-corrected chi connectivity index (χ1v) is 30.2. The molecular formula is C66H112O6. The van der Waals surface area contributed by atoms with Crippen molar-refractivity contribution in [2.75, 3.05) is 13.2 Å². The van der Waals surface area contributed by atoms with Gasteiger partial charge in [0, 0.05) is 19.3 Å². The number of rotatable bonds is 54. The van der Waals surface area contributed by atoms with Crippen LogP contribution in [-0.4, -0.2) is 37.2 Å². The first kappa shape index (κ1) is 68.3. The summed E-state index contributed by atoms with van der Waals surface area (Å²) in [5, 5.41) is 0. The zero-order chi connectivity index (χ0) is 52.2. The van der Waals surface area contributed by atoms with Gasteiger partial charge in [0.05, 0.1) is 0 Å². The molecule has 0 bridgehead atoms. The second-order valence-corrected chi connectivity index (χ2v) is 19.9. The molecule has 72 heavy (non-hydrogen) atoms. The molecule has 0 aliphatic carbocycles. The molecule has 0 rings (SSSR count). The molecule has 0 aromatic heterocycles. The van der Waals surface area contributed by atoms with E-state index >= 15 is 0 Å². The van der Waals surface area contributed by atoms with Crippen LogP contribution in [0.3, 0.4) is 0 Å². The highest BCUT2D eigenvalue weighted by atomic mass is 16.6. The third kappa shape index (κ3) is 57.2. The summed E-state index contributed by atoms with van der Waals surface area (Å²) in [7, 11) is 0. The Morgan fingerprint density at radius 2 is 0.569 bits per heavy atom. The van der Waals surface area contributed by atoms with E-state index in [1.165, 1.54) is 135 Å². The van der Waals surface area contributed by atoms with Crippen molar-refractivity contribution >= 4 is 17.9 Å². The molecule has 412 valence electrons. The lowest BCUT2D eigenvalue weighted by atomic mass is 10.0. The molecule has 0 saturated carbocycles. The van der Waals surface area contributed by atoms with Crippen molar-refractivity contribution < 1.29 is 28.6 Å². The highest BCUT2D eigenvalue weighted by Crippen LogP contribution is 2.15. The van der Waals surface area contributed by atoms with E-state index in [2.05, 4.69) is 118 Å². The van der Waals surface area contributed by atoms with E-state index < -0.39 is 6.10 Å². The molecule has 0 aromatic rings. The minimum Gasteiger partial charge on any atom is -0.462 e. The molecule has 6 nitrogen and oxygen atoms in total. The van der Waals surface area contributed by atoms with Gasteiger partial charge in [0.2, 0.25) is 0 Å². The van der Waals surface area contributed by atoms with E-state index in [4.69, 9.17) is 14.2 Å². The topological polar surface area (TPSA) is 78.9 Å². The number of carbonyl (C=O) groups is 3. The summed E-state index contributed by atoms with van der Waals surface area (Å²) in [6.07, 6.45) is 79.9. The third-order valence-electron chi connectivity index (χ3n) is 12.8. The Bertz CT molecular complexity index is 1430. The van der Waals surface area contributed by atoms with Gasteiger partial charge in [0.15, 0.2) is 6.10 Å². The molecule has 0 aliphatic rings. The molecule has 6 heteroatoms. The zero-order valence-electron chi connectivity index (χ0n) is 47.2.